The lowest BCUT2D eigenvalue weighted by molar-refractivity contribution is 0.102. The van der Waals surface area contributed by atoms with Crippen molar-refractivity contribution in [3.05, 3.63) is 34.3 Å². The van der Waals surface area contributed by atoms with Gasteiger partial charge in [-0.2, -0.15) is 0 Å². The van der Waals surface area contributed by atoms with Crippen LogP contribution in [0.4, 0.5) is 0 Å². The van der Waals surface area contributed by atoms with Crippen molar-refractivity contribution in [1.82, 2.24) is 0 Å². The first-order valence-corrected chi connectivity index (χ1v) is 9.39. The van der Waals surface area contributed by atoms with Gasteiger partial charge in [0.05, 0.1) is 5.25 Å². The molecule has 0 aliphatic heterocycles. The third-order valence-electron chi connectivity index (χ3n) is 3.88. The molecule has 0 heterocycles. The van der Waals surface area contributed by atoms with Crippen LogP contribution in [0.1, 0.15) is 43.0 Å². The third-order valence-corrected chi connectivity index (χ3v) is 6.48. The van der Waals surface area contributed by atoms with Crippen molar-refractivity contribution in [1.29, 1.82) is 0 Å². The van der Waals surface area contributed by atoms with E-state index in [4.69, 9.17) is 0 Å². The molecule has 1 saturated carbocycles. The van der Waals surface area contributed by atoms with Gasteiger partial charge in [-0.3, -0.25) is 4.79 Å². The van der Waals surface area contributed by atoms with E-state index in [0.717, 1.165) is 17.3 Å². The summed E-state index contributed by atoms with van der Waals surface area (Å²) in [5.74, 6) is -0.255. The summed E-state index contributed by atoms with van der Waals surface area (Å²) in [6.07, 6.45) is 3.41. The molecule has 0 saturated heterocycles. The fourth-order valence-electron chi connectivity index (χ4n) is 2.75. The van der Waals surface area contributed by atoms with Crippen LogP contribution >= 0.6 is 15.9 Å². The molecule has 1 aromatic carbocycles. The van der Waals surface area contributed by atoms with Gasteiger partial charge in [0.1, 0.15) is 5.75 Å². The zero-order chi connectivity index (χ0) is 14.8. The maximum atomic E-state index is 12.4. The lowest BCUT2D eigenvalue weighted by Crippen LogP contribution is -2.32. The largest absolute Gasteiger partial charge is 0.293 e. The molecule has 20 heavy (non-hydrogen) atoms. The van der Waals surface area contributed by atoms with Gasteiger partial charge in [-0.1, -0.05) is 47.8 Å². The normalized spacial score (nSPS) is 23.5. The molecule has 0 spiro atoms. The van der Waals surface area contributed by atoms with Crippen LogP contribution in [0.25, 0.3) is 0 Å². The van der Waals surface area contributed by atoms with Crippen molar-refractivity contribution in [3.63, 3.8) is 0 Å². The first-order valence-electron chi connectivity index (χ1n) is 6.89. The summed E-state index contributed by atoms with van der Waals surface area (Å²) >= 11 is 3.29. The highest BCUT2D eigenvalue weighted by Gasteiger charge is 2.31. The van der Waals surface area contributed by atoms with Crippen LogP contribution in [0.15, 0.2) is 28.7 Å². The highest BCUT2D eigenvalue weighted by Crippen LogP contribution is 2.29. The Morgan fingerprint density at radius 3 is 2.75 bits per heavy atom. The van der Waals surface area contributed by atoms with Crippen LogP contribution in [-0.2, 0) is 9.84 Å². The Kier molecular flexibility index (Phi) is 5.02. The molecule has 5 heteroatoms. The number of benzene rings is 1. The molecule has 1 aromatic rings. The molecule has 110 valence electrons. The second-order valence-electron chi connectivity index (χ2n) is 5.63. The quantitative estimate of drug-likeness (QED) is 0.772. The number of carbonyl (C=O) groups is 1. The monoisotopic (exact) mass is 358 g/mol. The molecular weight excluding hydrogens is 340 g/mol. The number of hydrogen-bond acceptors (Lipinski definition) is 3. The van der Waals surface area contributed by atoms with Gasteiger partial charge in [-0.25, -0.2) is 8.42 Å². The van der Waals surface area contributed by atoms with Gasteiger partial charge in [0.15, 0.2) is 15.6 Å². The van der Waals surface area contributed by atoms with E-state index < -0.39 is 9.84 Å². The maximum absolute atomic E-state index is 12.4. The van der Waals surface area contributed by atoms with Crippen LogP contribution in [0, 0.1) is 5.92 Å². The van der Waals surface area contributed by atoms with Gasteiger partial charge in [0.25, 0.3) is 0 Å². The number of Topliss-reactive ketones (excluding diaryl/α,β-unsaturated/α-hetero) is 1. The Labute approximate surface area is 128 Å². The Bertz CT molecular complexity index is 595. The van der Waals surface area contributed by atoms with E-state index >= 15 is 0 Å². The lowest BCUT2D eigenvalue weighted by atomic mass is 9.91. The molecule has 2 unspecified atom stereocenters. The summed E-state index contributed by atoms with van der Waals surface area (Å²) in [7, 11) is -3.34. The second kappa shape index (κ2) is 6.39. The summed E-state index contributed by atoms with van der Waals surface area (Å²) in [6, 6.07) is 6.88. The van der Waals surface area contributed by atoms with E-state index in [-0.39, 0.29) is 16.8 Å². The summed E-state index contributed by atoms with van der Waals surface area (Å²) in [5, 5.41) is -0.345. The van der Waals surface area contributed by atoms with Crippen molar-refractivity contribution >= 4 is 31.6 Å². The van der Waals surface area contributed by atoms with Crippen LogP contribution in [0.2, 0.25) is 0 Å². The number of sulfone groups is 1. The number of carbonyl (C=O) groups excluding carboxylic acids is 1. The Balaban J connectivity index is 2.10. The molecule has 0 amide bonds. The topological polar surface area (TPSA) is 51.2 Å². The molecule has 2 rings (SSSR count). The molecule has 0 radical (unpaired) electrons. The van der Waals surface area contributed by atoms with Crippen molar-refractivity contribution in [2.45, 2.75) is 37.9 Å². The molecule has 3 nitrogen and oxygen atoms in total. The van der Waals surface area contributed by atoms with Gasteiger partial charge in [0.2, 0.25) is 0 Å². The molecule has 0 aromatic heterocycles. The number of ketones is 1. The Hall–Kier alpha value is -0.680. The summed E-state index contributed by atoms with van der Waals surface area (Å²) in [6.45, 7) is 2.08. The van der Waals surface area contributed by atoms with E-state index in [1.165, 1.54) is 0 Å². The van der Waals surface area contributed by atoms with Crippen molar-refractivity contribution in [2.75, 3.05) is 5.75 Å². The summed E-state index contributed by atoms with van der Waals surface area (Å²) in [5.41, 5.74) is 0.451. The zero-order valence-corrected chi connectivity index (χ0v) is 13.9. The van der Waals surface area contributed by atoms with Crippen molar-refractivity contribution < 1.29 is 13.2 Å². The van der Waals surface area contributed by atoms with Gasteiger partial charge in [0, 0.05) is 10.0 Å². The molecule has 1 aliphatic carbocycles. The van der Waals surface area contributed by atoms with Crippen molar-refractivity contribution in [3.8, 4) is 0 Å². The molecule has 2 atom stereocenters. The SMILES string of the molecule is CC1CCCC(S(=O)(=O)CC(=O)c2cccc(Br)c2)C1. The van der Waals surface area contributed by atoms with Gasteiger partial charge in [-0.05, 0) is 30.9 Å². The third kappa shape index (κ3) is 3.92. The van der Waals surface area contributed by atoms with Crippen LogP contribution in [0.3, 0.4) is 0 Å². The minimum atomic E-state index is -3.34. The second-order valence-corrected chi connectivity index (χ2v) is 8.83. The van der Waals surface area contributed by atoms with E-state index in [2.05, 4.69) is 22.9 Å². The van der Waals surface area contributed by atoms with E-state index in [9.17, 15) is 13.2 Å². The van der Waals surface area contributed by atoms with Gasteiger partial charge < -0.3 is 0 Å². The molecular formula is C15H19BrO3S. The zero-order valence-electron chi connectivity index (χ0n) is 11.5. The average molecular weight is 359 g/mol. The minimum absolute atomic E-state index is 0.315. The van der Waals surface area contributed by atoms with Crippen LogP contribution < -0.4 is 0 Å². The van der Waals surface area contributed by atoms with Gasteiger partial charge >= 0.3 is 0 Å². The number of hydrogen-bond donors (Lipinski definition) is 0. The molecule has 0 bridgehead atoms. The first kappa shape index (κ1) is 15.7. The smallest absolute Gasteiger partial charge is 0.177 e. The molecule has 0 N–H and O–H groups in total. The minimum Gasteiger partial charge on any atom is -0.293 e. The van der Waals surface area contributed by atoms with Crippen molar-refractivity contribution in [2.24, 2.45) is 5.92 Å². The molecule has 1 aliphatic rings. The number of halogens is 1. The fraction of sp³-hybridized carbons (Fsp3) is 0.533. The highest BCUT2D eigenvalue weighted by atomic mass is 79.9. The van der Waals surface area contributed by atoms with Gasteiger partial charge in [-0.15, -0.1) is 0 Å². The maximum Gasteiger partial charge on any atom is 0.177 e. The standard InChI is InChI=1S/C15H19BrO3S/c1-11-4-2-7-14(8-11)20(18,19)10-15(17)12-5-3-6-13(16)9-12/h3,5-6,9,11,14H,2,4,7-8,10H2,1H3. The van der Waals surface area contributed by atoms with E-state index in [1.54, 1.807) is 18.2 Å². The average Bonchev–Trinajstić information content (AvgIpc) is 2.38. The summed E-state index contributed by atoms with van der Waals surface area (Å²) < 4.78 is 25.5. The fourth-order valence-corrected chi connectivity index (χ4v) is 5.07. The first-order chi connectivity index (χ1) is 9.38. The van der Waals surface area contributed by atoms with E-state index in [1.807, 2.05) is 6.07 Å². The van der Waals surface area contributed by atoms with E-state index in [0.29, 0.717) is 24.3 Å². The predicted octanol–water partition coefficient (Wildman–Crippen LogP) is 3.63. The predicted molar refractivity (Wildman–Crippen MR) is 83.7 cm³/mol. The summed E-state index contributed by atoms with van der Waals surface area (Å²) in [4.78, 5) is 12.1. The molecule has 1 fully saturated rings. The lowest BCUT2D eigenvalue weighted by Gasteiger charge is -2.26. The van der Waals surface area contributed by atoms with Crippen LogP contribution in [0.5, 0.6) is 0 Å². The number of rotatable bonds is 4. The highest BCUT2D eigenvalue weighted by molar-refractivity contribution is 9.10. The Morgan fingerprint density at radius 1 is 1.35 bits per heavy atom. The Morgan fingerprint density at radius 2 is 2.10 bits per heavy atom. The van der Waals surface area contributed by atoms with Crippen LogP contribution in [-0.4, -0.2) is 25.2 Å².